The number of halogens is 2. The molecule has 7 heteroatoms. The van der Waals surface area contributed by atoms with Crippen LogP contribution < -0.4 is 10.9 Å². The van der Waals surface area contributed by atoms with E-state index in [4.69, 9.17) is 23.2 Å². The molecule has 1 aromatic heterocycles. The fraction of sp³-hybridized carbons (Fsp3) is 0.167. The summed E-state index contributed by atoms with van der Waals surface area (Å²) in [6.45, 7) is 1.76. The van der Waals surface area contributed by atoms with Crippen molar-refractivity contribution in [3.05, 3.63) is 74.3 Å². The molecule has 0 aliphatic carbocycles. The number of amides is 1. The number of aromatic nitrogens is 2. The molecule has 0 aliphatic rings. The van der Waals surface area contributed by atoms with Gasteiger partial charge in [-0.05, 0) is 43.3 Å². The number of carbonyl (C=O) groups is 1. The Bertz CT molecular complexity index is 1030. The summed E-state index contributed by atoms with van der Waals surface area (Å²) in [7, 11) is 1.63. The molecule has 0 bridgehead atoms. The maximum Gasteiger partial charge on any atom is 0.261 e. The Morgan fingerprint density at radius 2 is 1.88 bits per heavy atom. The number of hydrogen-bond acceptors (Lipinski definition) is 3. The molecule has 0 fully saturated rings. The predicted molar refractivity (Wildman–Crippen MR) is 99.3 cm³/mol. The highest BCUT2D eigenvalue weighted by Crippen LogP contribution is 2.18. The molecule has 128 valence electrons. The molecular weight excluding hydrogens is 361 g/mol. The van der Waals surface area contributed by atoms with Crippen LogP contribution >= 0.6 is 23.2 Å². The van der Waals surface area contributed by atoms with Crippen LogP contribution in [-0.2, 0) is 7.05 Å². The molecule has 1 heterocycles. The van der Waals surface area contributed by atoms with Crippen LogP contribution in [-0.4, -0.2) is 15.5 Å². The van der Waals surface area contributed by atoms with E-state index < -0.39 is 6.04 Å². The van der Waals surface area contributed by atoms with Crippen molar-refractivity contribution >= 4 is 40.0 Å². The first-order chi connectivity index (χ1) is 11.9. The first-order valence-electron chi connectivity index (χ1n) is 7.59. The summed E-state index contributed by atoms with van der Waals surface area (Å²) in [5, 5.41) is 4.28. The Morgan fingerprint density at radius 1 is 1.16 bits per heavy atom. The van der Waals surface area contributed by atoms with Crippen molar-refractivity contribution < 1.29 is 4.79 Å². The maximum absolute atomic E-state index is 12.5. The number of hydrogen-bond donors (Lipinski definition) is 1. The third kappa shape index (κ3) is 3.52. The number of benzene rings is 2. The summed E-state index contributed by atoms with van der Waals surface area (Å²) in [4.78, 5) is 29.4. The minimum Gasteiger partial charge on any atom is -0.342 e. The van der Waals surface area contributed by atoms with Crippen molar-refractivity contribution in [2.45, 2.75) is 13.0 Å². The maximum atomic E-state index is 12.5. The van der Waals surface area contributed by atoms with Gasteiger partial charge in [-0.15, -0.1) is 0 Å². The molecule has 1 atom stereocenters. The van der Waals surface area contributed by atoms with Crippen LogP contribution in [0.4, 0.5) is 0 Å². The Balaban J connectivity index is 1.96. The fourth-order valence-corrected chi connectivity index (χ4v) is 2.98. The summed E-state index contributed by atoms with van der Waals surface area (Å²) in [5.41, 5.74) is 0.739. The van der Waals surface area contributed by atoms with Gasteiger partial charge in [0.25, 0.3) is 11.5 Å². The number of nitrogens with one attached hydrogen (secondary N) is 1. The number of carbonyl (C=O) groups excluding carboxylic acids is 1. The van der Waals surface area contributed by atoms with Gasteiger partial charge in [-0.3, -0.25) is 14.2 Å². The quantitative estimate of drug-likeness (QED) is 0.758. The van der Waals surface area contributed by atoms with Gasteiger partial charge >= 0.3 is 0 Å². The third-order valence-corrected chi connectivity index (χ3v) is 4.37. The van der Waals surface area contributed by atoms with E-state index >= 15 is 0 Å². The monoisotopic (exact) mass is 375 g/mol. The number of fused-ring (bicyclic) bond motifs is 1. The van der Waals surface area contributed by atoms with Crippen LogP contribution in [0.25, 0.3) is 10.9 Å². The van der Waals surface area contributed by atoms with Gasteiger partial charge in [0.2, 0.25) is 0 Å². The lowest BCUT2D eigenvalue weighted by Crippen LogP contribution is -2.32. The van der Waals surface area contributed by atoms with Gasteiger partial charge in [-0.2, -0.15) is 0 Å². The van der Waals surface area contributed by atoms with Gasteiger partial charge in [0.05, 0.1) is 16.9 Å². The average Bonchev–Trinajstić information content (AvgIpc) is 2.57. The predicted octanol–water partition coefficient (Wildman–Crippen LogP) is 3.73. The van der Waals surface area contributed by atoms with Crippen molar-refractivity contribution in [2.75, 3.05) is 0 Å². The van der Waals surface area contributed by atoms with Gasteiger partial charge in [0.1, 0.15) is 5.82 Å². The zero-order valence-electron chi connectivity index (χ0n) is 13.6. The Kier molecular flexibility index (Phi) is 4.79. The second-order valence-corrected chi connectivity index (χ2v) is 6.57. The summed E-state index contributed by atoms with van der Waals surface area (Å²) >= 11 is 11.9. The number of rotatable bonds is 3. The van der Waals surface area contributed by atoms with Crippen molar-refractivity contribution in [1.82, 2.24) is 14.9 Å². The molecule has 2 aromatic carbocycles. The average molecular weight is 376 g/mol. The summed E-state index contributed by atoms with van der Waals surface area (Å²) in [6, 6.07) is 11.1. The largest absolute Gasteiger partial charge is 0.342 e. The SMILES string of the molecule is C[C@@H](NC(=O)c1cccc(Cl)c1)c1nc2cc(Cl)ccc2c(=O)n1C. The Labute approximate surface area is 154 Å². The van der Waals surface area contributed by atoms with Crippen molar-refractivity contribution in [3.63, 3.8) is 0 Å². The standard InChI is InChI=1S/C18H15Cl2N3O2/c1-10(21-17(24)11-4-3-5-12(19)8-11)16-22-15-9-13(20)6-7-14(15)18(25)23(16)2/h3-10H,1-2H3,(H,21,24)/t10-/m1/s1. The van der Waals surface area contributed by atoms with Gasteiger partial charge in [0, 0.05) is 22.7 Å². The van der Waals surface area contributed by atoms with Crippen molar-refractivity contribution in [2.24, 2.45) is 7.05 Å². The van der Waals surface area contributed by atoms with Crippen LogP contribution in [0, 0.1) is 0 Å². The van der Waals surface area contributed by atoms with E-state index in [9.17, 15) is 9.59 Å². The molecule has 0 unspecified atom stereocenters. The van der Waals surface area contributed by atoms with Gasteiger partial charge in [0.15, 0.2) is 0 Å². The minimum atomic E-state index is -0.479. The highest BCUT2D eigenvalue weighted by molar-refractivity contribution is 6.31. The van der Waals surface area contributed by atoms with E-state index in [0.29, 0.717) is 32.3 Å². The second kappa shape index (κ2) is 6.86. The molecule has 3 aromatic rings. The Morgan fingerprint density at radius 3 is 2.60 bits per heavy atom. The van der Waals surface area contributed by atoms with E-state index in [2.05, 4.69) is 10.3 Å². The van der Waals surface area contributed by atoms with E-state index in [-0.39, 0.29) is 11.5 Å². The van der Waals surface area contributed by atoms with E-state index in [1.54, 1.807) is 56.4 Å². The van der Waals surface area contributed by atoms with Crippen LogP contribution in [0.1, 0.15) is 29.1 Å². The molecule has 25 heavy (non-hydrogen) atoms. The molecule has 0 saturated heterocycles. The lowest BCUT2D eigenvalue weighted by atomic mass is 10.2. The fourth-order valence-electron chi connectivity index (χ4n) is 2.62. The van der Waals surface area contributed by atoms with E-state index in [1.807, 2.05) is 0 Å². The summed E-state index contributed by atoms with van der Waals surface area (Å²) < 4.78 is 1.43. The molecule has 0 radical (unpaired) electrons. The Hall–Kier alpha value is -2.37. The molecule has 0 spiro atoms. The minimum absolute atomic E-state index is 0.194. The molecule has 3 rings (SSSR count). The smallest absolute Gasteiger partial charge is 0.261 e. The third-order valence-electron chi connectivity index (χ3n) is 3.90. The molecule has 0 saturated carbocycles. The van der Waals surface area contributed by atoms with Crippen LogP contribution in [0.3, 0.4) is 0 Å². The highest BCUT2D eigenvalue weighted by atomic mass is 35.5. The van der Waals surface area contributed by atoms with Gasteiger partial charge in [-0.25, -0.2) is 4.98 Å². The first-order valence-corrected chi connectivity index (χ1v) is 8.35. The normalized spacial score (nSPS) is 12.2. The first kappa shape index (κ1) is 17.5. The molecule has 0 aliphatic heterocycles. The lowest BCUT2D eigenvalue weighted by Gasteiger charge is -2.17. The zero-order valence-corrected chi connectivity index (χ0v) is 15.1. The van der Waals surface area contributed by atoms with Crippen molar-refractivity contribution in [3.8, 4) is 0 Å². The number of nitrogens with zero attached hydrogens (tertiary/aromatic N) is 2. The van der Waals surface area contributed by atoms with E-state index in [1.165, 1.54) is 4.57 Å². The van der Waals surface area contributed by atoms with Crippen LogP contribution in [0.5, 0.6) is 0 Å². The molecule has 1 N–H and O–H groups in total. The van der Waals surface area contributed by atoms with Gasteiger partial charge in [-0.1, -0.05) is 29.3 Å². The second-order valence-electron chi connectivity index (χ2n) is 5.70. The summed E-state index contributed by atoms with van der Waals surface area (Å²) in [5.74, 6) is 0.144. The van der Waals surface area contributed by atoms with Gasteiger partial charge < -0.3 is 5.32 Å². The summed E-state index contributed by atoms with van der Waals surface area (Å²) in [6.07, 6.45) is 0. The molecule has 5 nitrogen and oxygen atoms in total. The lowest BCUT2D eigenvalue weighted by molar-refractivity contribution is 0.0937. The van der Waals surface area contributed by atoms with Crippen LogP contribution in [0.2, 0.25) is 10.0 Å². The molecular formula is C18H15Cl2N3O2. The zero-order chi connectivity index (χ0) is 18.1. The topological polar surface area (TPSA) is 64.0 Å². The molecule has 1 amide bonds. The van der Waals surface area contributed by atoms with E-state index in [0.717, 1.165) is 0 Å². The van der Waals surface area contributed by atoms with Crippen molar-refractivity contribution in [1.29, 1.82) is 0 Å². The highest BCUT2D eigenvalue weighted by Gasteiger charge is 2.17. The van der Waals surface area contributed by atoms with Crippen LogP contribution in [0.15, 0.2) is 47.3 Å².